The first-order valence-corrected chi connectivity index (χ1v) is 17.3. The molecule has 0 saturated heterocycles. The fourth-order valence-electron chi connectivity index (χ4n) is 6.71. The molecule has 12 heteroatoms. The highest BCUT2D eigenvalue weighted by Gasteiger charge is 2.43. The van der Waals surface area contributed by atoms with Crippen molar-refractivity contribution in [1.82, 2.24) is 0 Å². The maximum atomic E-state index is 13.8. The Hall–Kier alpha value is -4.36. The predicted octanol–water partition coefficient (Wildman–Crippen LogP) is 10.0. The fourth-order valence-corrected chi connectivity index (χ4v) is 12.7. The van der Waals surface area contributed by atoms with Crippen molar-refractivity contribution in [3.63, 3.8) is 0 Å². The molecule has 6 aromatic rings. The van der Waals surface area contributed by atoms with Crippen molar-refractivity contribution in [2.45, 2.75) is 19.3 Å². The van der Waals surface area contributed by atoms with Crippen LogP contribution in [0.4, 0.5) is 17.6 Å². The third-order valence-electron chi connectivity index (χ3n) is 8.87. The van der Waals surface area contributed by atoms with E-state index >= 15 is 0 Å². The lowest BCUT2D eigenvalue weighted by Crippen LogP contribution is -2.14. The Balaban J connectivity index is 1.08. The van der Waals surface area contributed by atoms with E-state index in [1.807, 2.05) is 12.1 Å². The number of fused-ring (bicyclic) bond motifs is 9. The van der Waals surface area contributed by atoms with Crippen molar-refractivity contribution in [2.75, 3.05) is 0 Å². The normalized spacial score (nSPS) is 16.1. The lowest BCUT2D eigenvalue weighted by atomic mass is 9.84. The number of rotatable bonds is 2. The van der Waals surface area contributed by atoms with Crippen LogP contribution in [0.3, 0.4) is 0 Å². The summed E-state index contributed by atoms with van der Waals surface area (Å²) in [5.74, 6) is -7.28. The molecular weight excluding hydrogens is 689 g/mol. The zero-order valence-electron chi connectivity index (χ0n) is 23.9. The van der Waals surface area contributed by atoms with E-state index in [-0.39, 0.29) is 33.4 Å². The molecule has 0 amide bonds. The predicted molar refractivity (Wildman–Crippen MR) is 177 cm³/mol. The molecule has 230 valence electrons. The summed E-state index contributed by atoms with van der Waals surface area (Å²) >= 11 is 6.11. The van der Waals surface area contributed by atoms with Crippen LogP contribution in [0.15, 0.2) is 47.5 Å². The molecule has 0 fully saturated rings. The van der Waals surface area contributed by atoms with Gasteiger partial charge < -0.3 is 0 Å². The van der Waals surface area contributed by atoms with Crippen LogP contribution in [0.1, 0.15) is 76.2 Å². The molecule has 4 heterocycles. The SMILES string of the molecule is CC1(C)c2c(sc3cc(C=C4C(=O)c5cc(F)c(F)cc5C4=O)sc23)-c2sc3cc(C=C4C(=O)c5cc(F)c(F)cc5C4=O)sc3c21. The van der Waals surface area contributed by atoms with E-state index < -0.39 is 51.8 Å². The van der Waals surface area contributed by atoms with Gasteiger partial charge in [0.15, 0.2) is 46.4 Å². The Bertz CT molecular complexity index is 2360. The quantitative estimate of drug-likeness (QED) is 0.102. The minimum atomic E-state index is -1.18. The van der Waals surface area contributed by atoms with Crippen LogP contribution in [0.25, 0.3) is 40.7 Å². The van der Waals surface area contributed by atoms with Crippen LogP contribution in [0, 0.1) is 23.3 Å². The average Bonchev–Trinajstić information content (AvgIpc) is 3.84. The van der Waals surface area contributed by atoms with E-state index in [2.05, 4.69) is 13.8 Å². The van der Waals surface area contributed by atoms with Gasteiger partial charge in [0.1, 0.15) is 0 Å². The Morgan fingerprint density at radius 2 is 0.830 bits per heavy atom. The third-order valence-corrected chi connectivity index (χ3v) is 13.8. The number of benzene rings is 2. The molecule has 0 spiro atoms. The number of hydrogen-bond acceptors (Lipinski definition) is 8. The van der Waals surface area contributed by atoms with Crippen molar-refractivity contribution in [3.8, 4) is 9.75 Å². The monoisotopic (exact) mass is 702 g/mol. The molecule has 47 heavy (non-hydrogen) atoms. The first kappa shape index (κ1) is 28.8. The number of halogens is 4. The van der Waals surface area contributed by atoms with Crippen LogP contribution < -0.4 is 0 Å². The molecular formula is C35H14F4O4S4. The van der Waals surface area contributed by atoms with Gasteiger partial charge in [-0.25, -0.2) is 17.6 Å². The minimum absolute atomic E-state index is 0.131. The van der Waals surface area contributed by atoms with Crippen LogP contribution >= 0.6 is 45.3 Å². The Morgan fingerprint density at radius 1 is 0.511 bits per heavy atom. The van der Waals surface area contributed by atoms with Crippen LogP contribution in [-0.2, 0) is 5.41 Å². The van der Waals surface area contributed by atoms with Crippen molar-refractivity contribution < 1.29 is 36.7 Å². The Morgan fingerprint density at radius 3 is 1.15 bits per heavy atom. The summed E-state index contributed by atoms with van der Waals surface area (Å²) in [5.41, 5.74) is 0.981. The topological polar surface area (TPSA) is 68.3 Å². The molecule has 0 radical (unpaired) electrons. The number of allylic oxidation sites excluding steroid dienone is 2. The van der Waals surface area contributed by atoms with Crippen molar-refractivity contribution in [2.24, 2.45) is 0 Å². The molecule has 0 aliphatic heterocycles. The van der Waals surface area contributed by atoms with Gasteiger partial charge in [-0.15, -0.1) is 45.3 Å². The Kier molecular flexibility index (Phi) is 5.75. The van der Waals surface area contributed by atoms with Gasteiger partial charge in [-0.1, -0.05) is 13.8 Å². The molecule has 0 atom stereocenters. The summed E-state index contributed by atoms with van der Waals surface area (Å²) in [7, 11) is 0. The second-order valence-corrected chi connectivity index (χ2v) is 16.2. The molecule has 0 N–H and O–H groups in total. The molecule has 2 aromatic carbocycles. The first-order valence-electron chi connectivity index (χ1n) is 14.1. The van der Waals surface area contributed by atoms with E-state index in [0.29, 0.717) is 9.75 Å². The van der Waals surface area contributed by atoms with E-state index in [4.69, 9.17) is 0 Å². The molecule has 3 aliphatic carbocycles. The maximum absolute atomic E-state index is 13.8. The van der Waals surface area contributed by atoms with E-state index in [1.54, 1.807) is 22.7 Å². The molecule has 0 unspecified atom stereocenters. The number of carbonyl (C=O) groups excluding carboxylic acids is 4. The zero-order chi connectivity index (χ0) is 32.8. The van der Waals surface area contributed by atoms with E-state index in [0.717, 1.165) is 63.9 Å². The van der Waals surface area contributed by atoms with Gasteiger partial charge in [0, 0.05) is 46.8 Å². The van der Waals surface area contributed by atoms with Crippen LogP contribution in [0.5, 0.6) is 0 Å². The summed E-state index contributed by atoms with van der Waals surface area (Å²) < 4.78 is 59.2. The maximum Gasteiger partial charge on any atom is 0.197 e. The van der Waals surface area contributed by atoms with Gasteiger partial charge in [0.05, 0.1) is 30.3 Å². The molecule has 4 aromatic heterocycles. The third kappa shape index (κ3) is 3.78. The smallest absolute Gasteiger partial charge is 0.197 e. The van der Waals surface area contributed by atoms with E-state index in [1.165, 1.54) is 34.8 Å². The zero-order valence-corrected chi connectivity index (χ0v) is 27.2. The van der Waals surface area contributed by atoms with Gasteiger partial charge in [0.2, 0.25) is 0 Å². The van der Waals surface area contributed by atoms with Crippen molar-refractivity contribution >= 4 is 99.4 Å². The number of Topliss-reactive ketones (excluding diaryl/α,β-unsaturated/α-hetero) is 4. The minimum Gasteiger partial charge on any atom is -0.288 e. The number of carbonyl (C=O) groups is 4. The van der Waals surface area contributed by atoms with Crippen molar-refractivity contribution in [1.29, 1.82) is 0 Å². The second kappa shape index (κ2) is 9.38. The molecule has 0 saturated carbocycles. The summed E-state index contributed by atoms with van der Waals surface area (Å²) in [6.07, 6.45) is 2.98. The van der Waals surface area contributed by atoms with Gasteiger partial charge in [0.25, 0.3) is 0 Å². The Labute approximate surface area is 277 Å². The highest BCUT2D eigenvalue weighted by molar-refractivity contribution is 7.35. The number of ketones is 4. The van der Waals surface area contributed by atoms with Gasteiger partial charge >= 0.3 is 0 Å². The van der Waals surface area contributed by atoms with Crippen LogP contribution in [-0.4, -0.2) is 23.1 Å². The van der Waals surface area contributed by atoms with Gasteiger partial charge in [-0.05, 0) is 59.7 Å². The van der Waals surface area contributed by atoms with Crippen molar-refractivity contribution in [3.05, 3.63) is 114 Å². The molecule has 4 nitrogen and oxygen atoms in total. The molecule has 9 rings (SSSR count). The fraction of sp³-hybridized carbons (Fsp3) is 0.0857. The summed E-state index contributed by atoms with van der Waals surface area (Å²) in [6.45, 7) is 4.25. The molecule has 0 bridgehead atoms. The lowest BCUT2D eigenvalue weighted by Gasteiger charge is -2.19. The van der Waals surface area contributed by atoms with E-state index in [9.17, 15) is 36.7 Å². The van der Waals surface area contributed by atoms with Gasteiger partial charge in [-0.2, -0.15) is 0 Å². The van der Waals surface area contributed by atoms with Crippen LogP contribution in [0.2, 0.25) is 0 Å². The van der Waals surface area contributed by atoms with Gasteiger partial charge in [-0.3, -0.25) is 19.2 Å². The average molecular weight is 703 g/mol. The molecule has 3 aliphatic rings. The number of thiophene rings is 4. The first-order chi connectivity index (χ1) is 22.3. The highest BCUT2D eigenvalue weighted by Crippen LogP contribution is 2.62. The summed E-state index contributed by atoms with van der Waals surface area (Å²) in [4.78, 5) is 55.4. The highest BCUT2D eigenvalue weighted by atomic mass is 32.1. The standard InChI is InChI=1S/C35H14F4O4S4/c1-35(2)25-31-23(5-11(44-31)3-17-27(40)13-7-19(36)20(37)8-14(13)28(17)41)46-33(25)34-26(35)32-24(47-34)6-12(45-32)4-18-29(42)15-9-21(38)22(39)10-16(15)30(18)43/h3-10H,1-2H3. The number of hydrogen-bond donors (Lipinski definition) is 0. The summed E-state index contributed by atoms with van der Waals surface area (Å²) in [5, 5.41) is 0. The second-order valence-electron chi connectivity index (χ2n) is 12.0. The summed E-state index contributed by atoms with van der Waals surface area (Å²) in [6, 6.07) is 6.91. The largest absolute Gasteiger partial charge is 0.288 e. The lowest BCUT2D eigenvalue weighted by molar-refractivity contribution is 0.0975.